The number of hydrogen-bond donors (Lipinski definition) is 1. The summed E-state index contributed by atoms with van der Waals surface area (Å²) in [6.07, 6.45) is 0. The van der Waals surface area contributed by atoms with Crippen molar-refractivity contribution in [3.63, 3.8) is 0 Å². The van der Waals surface area contributed by atoms with E-state index < -0.39 is 5.97 Å². The van der Waals surface area contributed by atoms with Crippen LogP contribution >= 0.6 is 0 Å². The predicted octanol–water partition coefficient (Wildman–Crippen LogP) is 5.15. The van der Waals surface area contributed by atoms with Crippen molar-refractivity contribution in [1.82, 2.24) is 9.78 Å². The molecule has 0 saturated heterocycles. The Morgan fingerprint density at radius 2 is 1.82 bits per heavy atom. The fourth-order valence-electron chi connectivity index (χ4n) is 3.54. The van der Waals surface area contributed by atoms with Crippen molar-refractivity contribution < 1.29 is 14.3 Å². The molecule has 1 amide bonds. The number of nitrogens with zero attached hydrogens (tertiary/aromatic N) is 3. The molecule has 168 valence electrons. The van der Waals surface area contributed by atoms with Crippen LogP contribution in [-0.2, 0) is 4.74 Å². The second-order valence-electron chi connectivity index (χ2n) is 7.61. The van der Waals surface area contributed by atoms with Crippen molar-refractivity contribution in [2.45, 2.75) is 13.8 Å². The van der Waals surface area contributed by atoms with E-state index in [0.29, 0.717) is 22.5 Å². The number of carbonyl (C=O) groups excluding carboxylic acids is 2. The molecule has 0 atom stereocenters. The fraction of sp³-hybridized carbons (Fsp3) is 0.111. The summed E-state index contributed by atoms with van der Waals surface area (Å²) in [7, 11) is 0. The largest absolute Gasteiger partial charge is 0.461 e. The molecule has 0 aliphatic heterocycles. The van der Waals surface area contributed by atoms with E-state index in [-0.39, 0.29) is 18.2 Å². The minimum absolute atomic E-state index is 0.195. The first kappa shape index (κ1) is 22.5. The molecular formula is C27H22N4O3. The SMILES string of the molecule is CCOC(=O)c1cc(-c2cccc(NC(=O)c3cccc(C#N)c3)c2)n(-c2cccc(C)c2)n1. The highest BCUT2D eigenvalue weighted by Gasteiger charge is 2.18. The molecule has 0 saturated carbocycles. The van der Waals surface area contributed by atoms with Gasteiger partial charge in [0.1, 0.15) is 0 Å². The number of aryl methyl sites for hydroxylation is 1. The Balaban J connectivity index is 1.71. The number of esters is 1. The van der Waals surface area contributed by atoms with Gasteiger partial charge in [-0.3, -0.25) is 4.79 Å². The van der Waals surface area contributed by atoms with Gasteiger partial charge in [-0.25, -0.2) is 9.48 Å². The molecule has 34 heavy (non-hydrogen) atoms. The summed E-state index contributed by atoms with van der Waals surface area (Å²) in [6, 6.07) is 25.3. The zero-order chi connectivity index (χ0) is 24.1. The molecule has 0 bridgehead atoms. The van der Waals surface area contributed by atoms with Crippen molar-refractivity contribution in [2.24, 2.45) is 0 Å². The number of carbonyl (C=O) groups is 2. The van der Waals surface area contributed by atoms with Gasteiger partial charge in [0.05, 0.1) is 29.6 Å². The van der Waals surface area contributed by atoms with Gasteiger partial charge in [-0.15, -0.1) is 0 Å². The smallest absolute Gasteiger partial charge is 0.358 e. The molecule has 7 nitrogen and oxygen atoms in total. The Bertz CT molecular complexity index is 1420. The summed E-state index contributed by atoms with van der Waals surface area (Å²) in [5.41, 5.74) is 4.85. The van der Waals surface area contributed by atoms with E-state index in [4.69, 9.17) is 10.00 Å². The Kier molecular flexibility index (Phi) is 6.51. The van der Waals surface area contributed by atoms with Crippen LogP contribution in [0.5, 0.6) is 0 Å². The first-order valence-corrected chi connectivity index (χ1v) is 10.7. The maximum Gasteiger partial charge on any atom is 0.358 e. The van der Waals surface area contributed by atoms with Crippen molar-refractivity contribution in [3.8, 4) is 23.0 Å². The highest BCUT2D eigenvalue weighted by atomic mass is 16.5. The van der Waals surface area contributed by atoms with Crippen LogP contribution in [0.3, 0.4) is 0 Å². The fourth-order valence-corrected chi connectivity index (χ4v) is 3.54. The molecule has 1 heterocycles. The van der Waals surface area contributed by atoms with E-state index in [0.717, 1.165) is 16.8 Å². The van der Waals surface area contributed by atoms with Gasteiger partial charge in [-0.05, 0) is 67.9 Å². The summed E-state index contributed by atoms with van der Waals surface area (Å²) in [6.45, 7) is 3.98. The van der Waals surface area contributed by atoms with Crippen molar-refractivity contribution in [3.05, 3.63) is 101 Å². The van der Waals surface area contributed by atoms with Gasteiger partial charge in [0.25, 0.3) is 5.91 Å². The first-order chi connectivity index (χ1) is 16.5. The quantitative estimate of drug-likeness (QED) is 0.410. The molecule has 0 spiro atoms. The summed E-state index contributed by atoms with van der Waals surface area (Å²) in [5, 5.41) is 16.5. The molecular weight excluding hydrogens is 428 g/mol. The van der Waals surface area contributed by atoms with Crippen molar-refractivity contribution >= 4 is 17.6 Å². The Morgan fingerprint density at radius 3 is 2.59 bits per heavy atom. The highest BCUT2D eigenvalue weighted by Crippen LogP contribution is 2.27. The Labute approximate surface area is 197 Å². The zero-order valence-electron chi connectivity index (χ0n) is 18.8. The van der Waals surface area contributed by atoms with Gasteiger partial charge in [-0.2, -0.15) is 10.4 Å². The molecule has 4 rings (SSSR count). The predicted molar refractivity (Wildman–Crippen MR) is 129 cm³/mol. The molecule has 0 radical (unpaired) electrons. The third-order valence-corrected chi connectivity index (χ3v) is 5.11. The number of aromatic nitrogens is 2. The van der Waals surface area contributed by atoms with Crippen molar-refractivity contribution in [2.75, 3.05) is 11.9 Å². The normalized spacial score (nSPS) is 10.4. The molecule has 3 aromatic carbocycles. The number of amides is 1. The molecule has 7 heteroatoms. The van der Waals surface area contributed by atoms with E-state index in [1.54, 1.807) is 41.9 Å². The van der Waals surface area contributed by atoms with E-state index in [1.165, 1.54) is 6.07 Å². The molecule has 4 aromatic rings. The van der Waals surface area contributed by atoms with Gasteiger partial charge in [0.2, 0.25) is 0 Å². The minimum atomic E-state index is -0.503. The average Bonchev–Trinajstić information content (AvgIpc) is 3.30. The third-order valence-electron chi connectivity index (χ3n) is 5.11. The summed E-state index contributed by atoms with van der Waals surface area (Å²) in [4.78, 5) is 25.1. The lowest BCUT2D eigenvalue weighted by Gasteiger charge is -2.11. The van der Waals surface area contributed by atoms with Gasteiger partial charge >= 0.3 is 5.97 Å². The van der Waals surface area contributed by atoms with Crippen LogP contribution in [0.25, 0.3) is 16.9 Å². The Hall–Kier alpha value is -4.70. The number of nitriles is 1. The molecule has 0 aliphatic rings. The summed E-state index contributed by atoms with van der Waals surface area (Å²) >= 11 is 0. The lowest BCUT2D eigenvalue weighted by atomic mass is 10.1. The standard InChI is InChI=1S/C27H22N4O3/c1-3-34-27(33)24-16-25(31(30-24)23-12-4-7-18(2)13-23)20-9-6-11-22(15-20)29-26(32)21-10-5-8-19(14-21)17-28/h4-16H,3H2,1-2H3,(H,29,32). The second-order valence-corrected chi connectivity index (χ2v) is 7.61. The lowest BCUT2D eigenvalue weighted by molar-refractivity contribution is 0.0519. The number of ether oxygens (including phenoxy) is 1. The number of anilines is 1. The Morgan fingerprint density at radius 1 is 1.03 bits per heavy atom. The van der Waals surface area contributed by atoms with E-state index in [9.17, 15) is 9.59 Å². The first-order valence-electron chi connectivity index (χ1n) is 10.7. The molecule has 1 N–H and O–H groups in total. The second kappa shape index (κ2) is 9.84. The van der Waals surface area contributed by atoms with Crippen LogP contribution in [0.15, 0.2) is 78.9 Å². The number of hydrogen-bond acceptors (Lipinski definition) is 5. The number of rotatable bonds is 6. The minimum Gasteiger partial charge on any atom is -0.461 e. The monoisotopic (exact) mass is 450 g/mol. The third kappa shape index (κ3) is 4.87. The maximum absolute atomic E-state index is 12.7. The van der Waals surface area contributed by atoms with Crippen LogP contribution in [0.4, 0.5) is 5.69 Å². The van der Waals surface area contributed by atoms with Gasteiger partial charge < -0.3 is 10.1 Å². The molecule has 0 aliphatic carbocycles. The molecule has 1 aromatic heterocycles. The zero-order valence-corrected chi connectivity index (χ0v) is 18.8. The topological polar surface area (TPSA) is 97.0 Å². The van der Waals surface area contributed by atoms with E-state index >= 15 is 0 Å². The highest BCUT2D eigenvalue weighted by molar-refractivity contribution is 6.04. The van der Waals surface area contributed by atoms with Crippen LogP contribution in [0.2, 0.25) is 0 Å². The maximum atomic E-state index is 12.7. The van der Waals surface area contributed by atoms with Crippen molar-refractivity contribution in [1.29, 1.82) is 5.26 Å². The van der Waals surface area contributed by atoms with Crippen LogP contribution < -0.4 is 5.32 Å². The molecule has 0 unspecified atom stereocenters. The van der Waals surface area contributed by atoms with Crippen LogP contribution in [0, 0.1) is 18.3 Å². The van der Waals surface area contributed by atoms with Gasteiger partial charge in [0.15, 0.2) is 5.69 Å². The average molecular weight is 450 g/mol. The number of benzene rings is 3. The molecule has 0 fully saturated rings. The number of nitrogens with one attached hydrogen (secondary N) is 1. The lowest BCUT2D eigenvalue weighted by Crippen LogP contribution is -2.12. The van der Waals surface area contributed by atoms with Crippen LogP contribution in [-0.4, -0.2) is 28.3 Å². The van der Waals surface area contributed by atoms with E-state index in [2.05, 4.69) is 10.4 Å². The van der Waals surface area contributed by atoms with Crippen LogP contribution in [0.1, 0.15) is 38.9 Å². The summed E-state index contributed by atoms with van der Waals surface area (Å²) < 4.78 is 6.83. The van der Waals surface area contributed by atoms with E-state index in [1.807, 2.05) is 55.5 Å². The summed E-state index contributed by atoms with van der Waals surface area (Å²) in [5.74, 6) is -0.828. The van der Waals surface area contributed by atoms with Gasteiger partial charge in [-0.1, -0.05) is 30.3 Å². The van der Waals surface area contributed by atoms with Gasteiger partial charge in [0, 0.05) is 16.8 Å².